The number of halogens is 1. The van der Waals surface area contributed by atoms with Crippen molar-refractivity contribution in [1.29, 1.82) is 0 Å². The summed E-state index contributed by atoms with van der Waals surface area (Å²) in [6, 6.07) is 22.5. The average Bonchev–Trinajstić information content (AvgIpc) is 2.75. The molecule has 5 nitrogen and oxygen atoms in total. The Morgan fingerprint density at radius 3 is 2.00 bits per heavy atom. The molecule has 148 valence electrons. The average molecular weight is 409 g/mol. The summed E-state index contributed by atoms with van der Waals surface area (Å²) in [5, 5.41) is 4.54. The van der Waals surface area contributed by atoms with E-state index in [2.05, 4.69) is 10.5 Å². The zero-order valence-corrected chi connectivity index (χ0v) is 16.9. The van der Waals surface area contributed by atoms with Crippen molar-refractivity contribution in [3.63, 3.8) is 0 Å². The zero-order chi connectivity index (χ0) is 20.6. The number of benzene rings is 3. The van der Waals surface area contributed by atoms with Gasteiger partial charge in [-0.3, -0.25) is 4.79 Å². The number of hydrogen-bond acceptors (Lipinski definition) is 4. The number of ether oxygens (including phenoxy) is 2. The Bertz CT molecular complexity index is 952. The van der Waals surface area contributed by atoms with Crippen LogP contribution in [-0.2, 0) is 4.79 Å². The van der Waals surface area contributed by atoms with Crippen LogP contribution in [0.3, 0.4) is 0 Å². The molecule has 3 aromatic carbocycles. The van der Waals surface area contributed by atoms with Crippen LogP contribution in [0.15, 0.2) is 77.9 Å². The Labute approximate surface area is 174 Å². The van der Waals surface area contributed by atoms with Crippen molar-refractivity contribution in [2.24, 2.45) is 5.10 Å². The first-order chi connectivity index (χ1) is 14.1. The van der Waals surface area contributed by atoms with Crippen molar-refractivity contribution in [2.45, 2.75) is 5.92 Å². The van der Waals surface area contributed by atoms with Crippen molar-refractivity contribution < 1.29 is 14.3 Å². The predicted octanol–water partition coefficient (Wildman–Crippen LogP) is 4.64. The topological polar surface area (TPSA) is 59.9 Å². The van der Waals surface area contributed by atoms with Gasteiger partial charge in [-0.05, 0) is 17.2 Å². The van der Waals surface area contributed by atoms with Gasteiger partial charge in [0, 0.05) is 11.6 Å². The molecule has 0 unspecified atom stereocenters. The van der Waals surface area contributed by atoms with Crippen LogP contribution in [0, 0.1) is 0 Å². The summed E-state index contributed by atoms with van der Waals surface area (Å²) < 4.78 is 10.5. The number of hydrogen-bond donors (Lipinski definition) is 1. The monoisotopic (exact) mass is 408 g/mol. The SMILES string of the molecule is COc1cc(OC)c(/C=N\NC(=O)C(c2ccccc2)c2ccccc2)cc1Cl. The third-order valence-electron chi connectivity index (χ3n) is 4.41. The van der Waals surface area contributed by atoms with Crippen LogP contribution < -0.4 is 14.9 Å². The molecule has 3 rings (SSSR count). The second-order valence-corrected chi connectivity index (χ2v) is 6.62. The van der Waals surface area contributed by atoms with Gasteiger partial charge in [0.1, 0.15) is 11.5 Å². The summed E-state index contributed by atoms with van der Waals surface area (Å²) in [7, 11) is 3.07. The summed E-state index contributed by atoms with van der Waals surface area (Å²) in [6.07, 6.45) is 1.50. The van der Waals surface area contributed by atoms with Gasteiger partial charge in [-0.15, -0.1) is 0 Å². The van der Waals surface area contributed by atoms with Gasteiger partial charge in [-0.2, -0.15) is 5.10 Å². The van der Waals surface area contributed by atoms with Crippen molar-refractivity contribution >= 4 is 23.7 Å². The molecule has 0 bridgehead atoms. The second-order valence-electron chi connectivity index (χ2n) is 6.22. The Morgan fingerprint density at radius 2 is 1.48 bits per heavy atom. The van der Waals surface area contributed by atoms with E-state index >= 15 is 0 Å². The minimum atomic E-state index is -0.476. The van der Waals surface area contributed by atoms with Gasteiger partial charge in [-0.1, -0.05) is 72.3 Å². The van der Waals surface area contributed by atoms with Gasteiger partial charge in [0.2, 0.25) is 0 Å². The molecule has 0 radical (unpaired) electrons. The first kappa shape index (κ1) is 20.4. The Morgan fingerprint density at radius 1 is 0.931 bits per heavy atom. The number of nitrogens with zero attached hydrogens (tertiary/aromatic N) is 1. The van der Waals surface area contributed by atoms with E-state index in [-0.39, 0.29) is 5.91 Å². The molecule has 6 heteroatoms. The fourth-order valence-corrected chi connectivity index (χ4v) is 3.25. The van der Waals surface area contributed by atoms with E-state index in [1.165, 1.54) is 13.3 Å². The van der Waals surface area contributed by atoms with E-state index in [0.717, 1.165) is 11.1 Å². The number of methoxy groups -OCH3 is 2. The highest BCUT2D eigenvalue weighted by Crippen LogP contribution is 2.31. The molecule has 0 aliphatic rings. The van der Waals surface area contributed by atoms with Gasteiger partial charge in [0.15, 0.2) is 0 Å². The third kappa shape index (κ3) is 4.95. The first-order valence-corrected chi connectivity index (χ1v) is 9.36. The molecule has 1 amide bonds. The van der Waals surface area contributed by atoms with Gasteiger partial charge in [0.25, 0.3) is 5.91 Å². The molecule has 29 heavy (non-hydrogen) atoms. The lowest BCUT2D eigenvalue weighted by Gasteiger charge is -2.16. The number of hydrazone groups is 1. The van der Waals surface area contributed by atoms with Crippen molar-refractivity contribution in [3.8, 4) is 11.5 Å². The molecular formula is C23H21ClN2O3. The molecule has 0 spiro atoms. The smallest absolute Gasteiger partial charge is 0.252 e. The number of nitrogens with one attached hydrogen (secondary N) is 1. The van der Waals surface area contributed by atoms with Crippen molar-refractivity contribution in [1.82, 2.24) is 5.43 Å². The quantitative estimate of drug-likeness (QED) is 0.457. The molecular weight excluding hydrogens is 388 g/mol. The van der Waals surface area contributed by atoms with E-state index < -0.39 is 5.92 Å². The van der Waals surface area contributed by atoms with E-state index in [9.17, 15) is 4.79 Å². The Hall–Kier alpha value is -3.31. The van der Waals surface area contributed by atoms with Gasteiger partial charge < -0.3 is 9.47 Å². The van der Waals surface area contributed by atoms with E-state index in [1.807, 2.05) is 60.7 Å². The highest BCUT2D eigenvalue weighted by molar-refractivity contribution is 6.32. The molecule has 0 saturated heterocycles. The fraction of sp³-hybridized carbons (Fsp3) is 0.130. The third-order valence-corrected chi connectivity index (χ3v) is 4.71. The number of rotatable bonds is 7. The maximum absolute atomic E-state index is 13.0. The molecule has 0 aromatic heterocycles. The highest BCUT2D eigenvalue weighted by atomic mass is 35.5. The van der Waals surface area contributed by atoms with Gasteiger partial charge in [-0.25, -0.2) is 5.43 Å². The minimum absolute atomic E-state index is 0.239. The molecule has 1 N–H and O–H groups in total. The molecule has 0 aliphatic heterocycles. The molecule has 0 aliphatic carbocycles. The van der Waals surface area contributed by atoms with Gasteiger partial charge >= 0.3 is 0 Å². The standard InChI is InChI=1S/C23H21ClN2O3/c1-28-20-14-21(29-2)19(24)13-18(20)15-25-26-23(27)22(16-9-5-3-6-10-16)17-11-7-4-8-12-17/h3-15,22H,1-2H3,(H,26,27)/b25-15-. The fourth-order valence-electron chi connectivity index (χ4n) is 3.00. The number of carbonyl (C=O) groups excluding carboxylic acids is 1. The van der Waals surface area contributed by atoms with E-state index in [4.69, 9.17) is 21.1 Å². The lowest BCUT2D eigenvalue weighted by atomic mass is 9.91. The molecule has 3 aromatic rings. The van der Waals surface area contributed by atoms with Crippen LogP contribution in [0.5, 0.6) is 11.5 Å². The van der Waals surface area contributed by atoms with Crippen LogP contribution in [0.4, 0.5) is 0 Å². The normalized spacial score (nSPS) is 10.9. The molecule has 0 atom stereocenters. The Balaban J connectivity index is 1.83. The molecule has 0 heterocycles. The van der Waals surface area contributed by atoms with Crippen LogP contribution in [0.1, 0.15) is 22.6 Å². The summed E-state index contributed by atoms with van der Waals surface area (Å²) in [5.41, 5.74) is 5.02. The number of amides is 1. The van der Waals surface area contributed by atoms with Crippen LogP contribution >= 0.6 is 11.6 Å². The molecule has 0 saturated carbocycles. The second kappa shape index (κ2) is 9.75. The maximum atomic E-state index is 13.0. The maximum Gasteiger partial charge on any atom is 0.252 e. The lowest BCUT2D eigenvalue weighted by molar-refractivity contribution is -0.121. The largest absolute Gasteiger partial charge is 0.496 e. The van der Waals surface area contributed by atoms with Gasteiger partial charge in [0.05, 0.1) is 31.4 Å². The number of carbonyl (C=O) groups is 1. The summed E-state index contributed by atoms with van der Waals surface area (Å²) in [5.74, 6) is 0.318. The minimum Gasteiger partial charge on any atom is -0.496 e. The first-order valence-electron chi connectivity index (χ1n) is 8.98. The summed E-state index contributed by atoms with van der Waals surface area (Å²) >= 11 is 6.18. The summed E-state index contributed by atoms with van der Waals surface area (Å²) in [4.78, 5) is 13.0. The van der Waals surface area contributed by atoms with E-state index in [1.54, 1.807) is 19.2 Å². The Kier molecular flexibility index (Phi) is 6.87. The van der Waals surface area contributed by atoms with Crippen LogP contribution in [0.25, 0.3) is 0 Å². The zero-order valence-electron chi connectivity index (χ0n) is 16.1. The predicted molar refractivity (Wildman–Crippen MR) is 115 cm³/mol. The van der Waals surface area contributed by atoms with Crippen molar-refractivity contribution in [2.75, 3.05) is 14.2 Å². The lowest BCUT2D eigenvalue weighted by Crippen LogP contribution is -2.26. The van der Waals surface area contributed by atoms with E-state index in [0.29, 0.717) is 22.1 Å². The van der Waals surface area contributed by atoms with Crippen LogP contribution in [-0.4, -0.2) is 26.3 Å². The molecule has 0 fully saturated rings. The van der Waals surface area contributed by atoms with Crippen LogP contribution in [0.2, 0.25) is 5.02 Å². The summed E-state index contributed by atoms with van der Waals surface area (Å²) in [6.45, 7) is 0. The van der Waals surface area contributed by atoms with Crippen molar-refractivity contribution in [3.05, 3.63) is 94.5 Å². The highest BCUT2D eigenvalue weighted by Gasteiger charge is 2.22.